The third-order valence-corrected chi connectivity index (χ3v) is 7.02. The van der Waals surface area contributed by atoms with Crippen LogP contribution in [0.1, 0.15) is 78.5 Å². The molecule has 3 nitrogen and oxygen atoms in total. The molecule has 2 unspecified atom stereocenters. The summed E-state index contributed by atoms with van der Waals surface area (Å²) in [7, 11) is 0. The number of rotatable bonds is 2. The van der Waals surface area contributed by atoms with Gasteiger partial charge in [-0.3, -0.25) is 4.90 Å². The van der Waals surface area contributed by atoms with Crippen LogP contribution in [-0.4, -0.2) is 12.0 Å². The number of alkyl halides is 3. The highest BCUT2D eigenvalue weighted by Gasteiger charge is 2.57. The van der Waals surface area contributed by atoms with Gasteiger partial charge >= 0.3 is 6.18 Å². The van der Waals surface area contributed by atoms with Crippen molar-refractivity contribution in [2.75, 3.05) is 9.91 Å². The maximum Gasteiger partial charge on any atom is 0.418 e. The van der Waals surface area contributed by atoms with Crippen molar-refractivity contribution < 1.29 is 13.2 Å². The van der Waals surface area contributed by atoms with Gasteiger partial charge in [-0.05, 0) is 29.7 Å². The van der Waals surface area contributed by atoms with E-state index in [1.807, 2.05) is 59.7 Å². The van der Waals surface area contributed by atoms with E-state index in [0.717, 1.165) is 46.3 Å². The highest BCUT2D eigenvalue weighted by atomic mass is 19.4. The smallest absolute Gasteiger partial charge is 0.300 e. The highest BCUT2D eigenvalue weighted by Crippen LogP contribution is 2.58. The summed E-state index contributed by atoms with van der Waals surface area (Å²) < 4.78 is 41.8. The van der Waals surface area contributed by atoms with Crippen molar-refractivity contribution in [2.24, 2.45) is 5.10 Å². The lowest BCUT2D eigenvalue weighted by molar-refractivity contribution is -0.137. The fraction of sp³-hybridized carbons (Fsp3) is 0.387. The fourth-order valence-corrected chi connectivity index (χ4v) is 5.40. The number of amidine groups is 1. The molecule has 0 bridgehead atoms. The van der Waals surface area contributed by atoms with Crippen molar-refractivity contribution >= 4 is 17.2 Å². The van der Waals surface area contributed by atoms with E-state index in [-0.39, 0.29) is 11.9 Å². The summed E-state index contributed by atoms with van der Waals surface area (Å²) in [6.45, 7) is 16.2. The van der Waals surface area contributed by atoms with Crippen molar-refractivity contribution in [3.63, 3.8) is 0 Å². The molecule has 2 atom stereocenters. The van der Waals surface area contributed by atoms with Crippen LogP contribution < -0.4 is 9.91 Å². The summed E-state index contributed by atoms with van der Waals surface area (Å²) in [4.78, 5) is 2.16. The van der Waals surface area contributed by atoms with Crippen LogP contribution >= 0.6 is 0 Å². The van der Waals surface area contributed by atoms with Crippen LogP contribution in [0.4, 0.5) is 24.5 Å². The molecule has 3 aromatic carbocycles. The van der Waals surface area contributed by atoms with Gasteiger partial charge in [0.2, 0.25) is 0 Å². The van der Waals surface area contributed by atoms with Crippen LogP contribution in [0.3, 0.4) is 0 Å². The molecule has 0 N–H and O–H groups in total. The number of nitrogens with zero attached hydrogens (tertiary/aromatic N) is 3. The Balaban J connectivity index is 0.000000593. The van der Waals surface area contributed by atoms with E-state index < -0.39 is 17.2 Å². The molecule has 3 heterocycles. The van der Waals surface area contributed by atoms with Gasteiger partial charge in [-0.2, -0.15) is 18.3 Å². The number of hydrogen-bond donors (Lipinski definition) is 0. The van der Waals surface area contributed by atoms with Crippen LogP contribution in [0.15, 0.2) is 71.8 Å². The normalized spacial score (nSPS) is 19.8. The molecule has 6 heteroatoms. The number of benzene rings is 3. The predicted octanol–water partition coefficient (Wildman–Crippen LogP) is 9.46. The van der Waals surface area contributed by atoms with Crippen molar-refractivity contribution in [1.82, 2.24) is 0 Å². The van der Waals surface area contributed by atoms with E-state index in [0.29, 0.717) is 0 Å². The Morgan fingerprint density at radius 1 is 0.784 bits per heavy atom. The van der Waals surface area contributed by atoms with Gasteiger partial charge in [-0.15, -0.1) is 0 Å². The minimum absolute atomic E-state index is 0.0911. The van der Waals surface area contributed by atoms with Crippen LogP contribution in [0.5, 0.6) is 0 Å². The molecule has 3 aliphatic heterocycles. The van der Waals surface area contributed by atoms with Crippen molar-refractivity contribution in [3.05, 3.63) is 83.4 Å². The van der Waals surface area contributed by atoms with E-state index in [2.05, 4.69) is 43.0 Å². The fourth-order valence-electron chi connectivity index (χ4n) is 5.40. The van der Waals surface area contributed by atoms with Crippen LogP contribution in [0, 0.1) is 0 Å². The van der Waals surface area contributed by atoms with E-state index >= 15 is 0 Å². The van der Waals surface area contributed by atoms with Gasteiger partial charge in [-0.1, -0.05) is 110 Å². The van der Waals surface area contributed by atoms with Gasteiger partial charge in [0, 0.05) is 16.5 Å². The number of hydrazone groups is 1. The third kappa shape index (κ3) is 4.20. The zero-order valence-electron chi connectivity index (χ0n) is 23.1. The summed E-state index contributed by atoms with van der Waals surface area (Å²) >= 11 is 0. The Bertz CT molecular complexity index is 1260. The van der Waals surface area contributed by atoms with Crippen molar-refractivity contribution in [2.45, 2.75) is 79.6 Å². The first kappa shape index (κ1) is 28.3. The molecule has 0 amide bonds. The Labute approximate surface area is 219 Å². The second kappa shape index (κ2) is 11.0. The molecular formula is C31H38F3N3. The average molecular weight is 510 g/mol. The molecule has 3 aromatic rings. The summed E-state index contributed by atoms with van der Waals surface area (Å²) in [5, 5.41) is 6.44. The van der Waals surface area contributed by atoms with Crippen molar-refractivity contribution in [1.29, 1.82) is 0 Å². The van der Waals surface area contributed by atoms with E-state index in [1.54, 1.807) is 11.1 Å². The quantitative estimate of drug-likeness (QED) is 0.343. The first-order valence-corrected chi connectivity index (χ1v) is 13.4. The van der Waals surface area contributed by atoms with Crippen molar-refractivity contribution in [3.8, 4) is 11.1 Å². The molecule has 0 radical (unpaired) electrons. The molecular weight excluding hydrogens is 471 g/mol. The lowest BCUT2D eigenvalue weighted by Crippen LogP contribution is -2.50. The number of halogens is 3. The molecule has 0 fully saturated rings. The predicted molar refractivity (Wildman–Crippen MR) is 150 cm³/mol. The number of anilines is 2. The SMILES string of the molecule is CC.CC.CC.CCC1(C)c2cccc3c2N2C(=NN(c4ccccc4C(F)(F)F)C21)c1ccccc1-3. The Kier molecular flexibility index (Phi) is 8.41. The maximum absolute atomic E-state index is 13.9. The molecule has 6 rings (SSSR count). The van der Waals surface area contributed by atoms with Gasteiger partial charge in [0.25, 0.3) is 0 Å². The van der Waals surface area contributed by atoms with Crippen LogP contribution in [0.2, 0.25) is 0 Å². The minimum atomic E-state index is -4.46. The first-order valence-electron chi connectivity index (χ1n) is 13.4. The summed E-state index contributed by atoms with van der Waals surface area (Å²) in [6.07, 6.45) is -4.05. The molecule has 0 saturated carbocycles. The number of para-hydroxylation sites is 2. The topological polar surface area (TPSA) is 18.8 Å². The van der Waals surface area contributed by atoms with E-state index in [9.17, 15) is 13.2 Å². The lowest BCUT2D eigenvalue weighted by Gasteiger charge is -2.38. The summed E-state index contributed by atoms with van der Waals surface area (Å²) in [5.74, 6) is 0.717. The van der Waals surface area contributed by atoms with Crippen LogP contribution in [-0.2, 0) is 11.6 Å². The summed E-state index contributed by atoms with van der Waals surface area (Å²) in [6, 6.07) is 20.0. The Hall–Kier alpha value is -3.28. The molecule has 198 valence electrons. The van der Waals surface area contributed by atoms with Gasteiger partial charge < -0.3 is 0 Å². The number of fused-ring (bicyclic) bond motifs is 3. The minimum Gasteiger partial charge on any atom is -0.300 e. The Morgan fingerprint density at radius 3 is 1.97 bits per heavy atom. The second-order valence-corrected chi connectivity index (χ2v) is 8.55. The number of hydrogen-bond acceptors (Lipinski definition) is 3. The monoisotopic (exact) mass is 509 g/mol. The zero-order valence-corrected chi connectivity index (χ0v) is 23.1. The van der Waals surface area contributed by atoms with E-state index in [4.69, 9.17) is 5.10 Å². The van der Waals surface area contributed by atoms with E-state index in [1.165, 1.54) is 12.1 Å². The standard InChI is InChI=1S/C25H20F3N3.3C2H6/c1-3-24(2)19-13-8-11-16-15-9-4-5-10-17(15)22-29-31(23(24)30(22)21(16)19)20-14-7-6-12-18(20)25(26,27)28;3*1-2/h4-14,23H,3H2,1-2H3;3*1-2H3. The molecule has 0 aromatic heterocycles. The van der Waals surface area contributed by atoms with Gasteiger partial charge in [0.1, 0.15) is 6.17 Å². The largest absolute Gasteiger partial charge is 0.418 e. The summed E-state index contributed by atoms with van der Waals surface area (Å²) in [5.41, 5.74) is 4.40. The molecule has 0 aliphatic carbocycles. The zero-order chi connectivity index (χ0) is 27.5. The Morgan fingerprint density at radius 2 is 1.35 bits per heavy atom. The first-order chi connectivity index (χ1) is 17.9. The third-order valence-electron chi connectivity index (χ3n) is 7.02. The van der Waals surface area contributed by atoms with Gasteiger partial charge in [-0.25, -0.2) is 5.01 Å². The molecule has 0 saturated heterocycles. The maximum atomic E-state index is 13.9. The van der Waals surface area contributed by atoms with Gasteiger partial charge in [0.15, 0.2) is 5.84 Å². The molecule has 3 aliphatic rings. The average Bonchev–Trinajstić information content (AvgIpc) is 3.48. The molecule has 0 spiro atoms. The molecule has 37 heavy (non-hydrogen) atoms. The van der Waals surface area contributed by atoms with Crippen LogP contribution in [0.25, 0.3) is 11.1 Å². The highest BCUT2D eigenvalue weighted by molar-refractivity contribution is 6.22. The van der Waals surface area contributed by atoms with Gasteiger partial charge in [0.05, 0.1) is 16.9 Å². The second-order valence-electron chi connectivity index (χ2n) is 8.55. The lowest BCUT2D eigenvalue weighted by atomic mass is 9.78.